The van der Waals surface area contributed by atoms with Gasteiger partial charge in [-0.2, -0.15) is 13.8 Å². The molecule has 0 atom stereocenters. The first kappa shape index (κ1) is 18.9. The van der Waals surface area contributed by atoms with E-state index in [9.17, 15) is 13.6 Å². The predicted octanol–water partition coefficient (Wildman–Crippen LogP) is 3.60. The zero-order chi connectivity index (χ0) is 18.1. The number of carbonyl (C=O) groups excluding carboxylic acids is 1. The zero-order valence-electron chi connectivity index (χ0n) is 13.4. The Hall–Kier alpha value is -2.42. The lowest BCUT2D eigenvalue weighted by Crippen LogP contribution is -2.14. The number of alkyl halides is 2. The molecule has 0 bridgehead atoms. The summed E-state index contributed by atoms with van der Waals surface area (Å²) < 4.78 is 33.8. The number of carbonyl (C=O) groups is 1. The lowest BCUT2D eigenvalue weighted by molar-refractivity contribution is -0.113. The van der Waals surface area contributed by atoms with E-state index in [4.69, 9.17) is 4.74 Å². The van der Waals surface area contributed by atoms with Crippen molar-refractivity contribution in [2.24, 2.45) is 0 Å². The van der Waals surface area contributed by atoms with E-state index in [0.717, 1.165) is 6.42 Å². The first-order valence-electron chi connectivity index (χ1n) is 7.50. The number of aromatic nitrogens is 2. The van der Waals surface area contributed by atoms with Gasteiger partial charge in [-0.25, -0.2) is 4.98 Å². The van der Waals surface area contributed by atoms with Crippen molar-refractivity contribution in [1.29, 1.82) is 0 Å². The summed E-state index contributed by atoms with van der Waals surface area (Å²) >= 11 is 1.17. The molecule has 1 aromatic heterocycles. The van der Waals surface area contributed by atoms with E-state index in [2.05, 4.69) is 20.0 Å². The van der Waals surface area contributed by atoms with Gasteiger partial charge in [-0.3, -0.25) is 4.79 Å². The molecule has 0 radical (unpaired) electrons. The van der Waals surface area contributed by atoms with E-state index >= 15 is 0 Å². The smallest absolute Gasteiger partial charge is 0.387 e. The Bertz CT molecular complexity index is 687. The van der Waals surface area contributed by atoms with Crippen molar-refractivity contribution < 1.29 is 23.0 Å². The maximum absolute atomic E-state index is 12.1. The standard InChI is InChI=1S/C16H17F2N3O3S/c1-2-9-23-14-7-8-19-16(21-14)25-10-13(22)20-11-3-5-12(6-4-11)24-15(17)18/h3-8,15H,2,9-10H2,1H3,(H,20,22). The first-order chi connectivity index (χ1) is 12.1. The molecule has 6 nitrogen and oxygen atoms in total. The molecule has 1 amide bonds. The Morgan fingerprint density at radius 3 is 2.72 bits per heavy atom. The van der Waals surface area contributed by atoms with Crippen molar-refractivity contribution in [2.45, 2.75) is 25.1 Å². The fourth-order valence-corrected chi connectivity index (χ4v) is 2.35. The minimum atomic E-state index is -2.88. The van der Waals surface area contributed by atoms with Crippen molar-refractivity contribution >= 4 is 23.4 Å². The van der Waals surface area contributed by atoms with Crippen LogP contribution in [0.3, 0.4) is 0 Å². The van der Waals surface area contributed by atoms with Crippen LogP contribution >= 0.6 is 11.8 Å². The lowest BCUT2D eigenvalue weighted by atomic mass is 10.3. The van der Waals surface area contributed by atoms with Gasteiger partial charge < -0.3 is 14.8 Å². The van der Waals surface area contributed by atoms with Crippen LogP contribution in [0, 0.1) is 0 Å². The van der Waals surface area contributed by atoms with Crippen molar-refractivity contribution in [3.05, 3.63) is 36.5 Å². The summed E-state index contributed by atoms with van der Waals surface area (Å²) in [5.41, 5.74) is 0.480. The molecular formula is C16H17F2N3O3S. The summed E-state index contributed by atoms with van der Waals surface area (Å²) in [5, 5.41) is 3.09. The molecular weight excluding hydrogens is 352 g/mol. The molecule has 1 aromatic carbocycles. The van der Waals surface area contributed by atoms with Gasteiger partial charge in [0.15, 0.2) is 5.16 Å². The van der Waals surface area contributed by atoms with Crippen LogP contribution in [0.1, 0.15) is 13.3 Å². The molecule has 0 aliphatic heterocycles. The van der Waals surface area contributed by atoms with E-state index in [0.29, 0.717) is 23.3 Å². The van der Waals surface area contributed by atoms with Crippen LogP contribution in [-0.2, 0) is 4.79 Å². The van der Waals surface area contributed by atoms with E-state index in [1.165, 1.54) is 36.0 Å². The Morgan fingerprint density at radius 1 is 1.28 bits per heavy atom. The third-order valence-electron chi connectivity index (χ3n) is 2.76. The van der Waals surface area contributed by atoms with Crippen LogP contribution in [0.25, 0.3) is 0 Å². The largest absolute Gasteiger partial charge is 0.478 e. The van der Waals surface area contributed by atoms with Gasteiger partial charge in [0.2, 0.25) is 11.8 Å². The van der Waals surface area contributed by atoms with Crippen LogP contribution in [0.2, 0.25) is 0 Å². The third-order valence-corrected chi connectivity index (χ3v) is 3.62. The minimum Gasteiger partial charge on any atom is -0.478 e. The molecule has 0 saturated carbocycles. The molecule has 2 rings (SSSR count). The maximum Gasteiger partial charge on any atom is 0.387 e. The number of hydrogen-bond acceptors (Lipinski definition) is 6. The number of anilines is 1. The molecule has 0 saturated heterocycles. The third kappa shape index (κ3) is 6.92. The molecule has 0 fully saturated rings. The van der Waals surface area contributed by atoms with Crippen molar-refractivity contribution in [3.63, 3.8) is 0 Å². The van der Waals surface area contributed by atoms with Crippen molar-refractivity contribution in [3.8, 4) is 11.6 Å². The van der Waals surface area contributed by atoms with E-state index < -0.39 is 6.61 Å². The fourth-order valence-electron chi connectivity index (χ4n) is 1.73. The second-order valence-corrected chi connectivity index (χ2v) is 5.71. The fraction of sp³-hybridized carbons (Fsp3) is 0.312. The molecule has 0 aliphatic carbocycles. The van der Waals surface area contributed by atoms with Gasteiger partial charge in [-0.15, -0.1) is 0 Å². The number of amides is 1. The minimum absolute atomic E-state index is 0.0275. The van der Waals surface area contributed by atoms with Crippen LogP contribution in [-0.4, -0.2) is 34.8 Å². The SMILES string of the molecule is CCCOc1ccnc(SCC(=O)Nc2ccc(OC(F)F)cc2)n1. The second-order valence-electron chi connectivity index (χ2n) is 4.77. The number of thioether (sulfide) groups is 1. The van der Waals surface area contributed by atoms with Crippen molar-refractivity contribution in [1.82, 2.24) is 9.97 Å². The van der Waals surface area contributed by atoms with E-state index in [1.54, 1.807) is 12.3 Å². The van der Waals surface area contributed by atoms with Gasteiger partial charge in [0.1, 0.15) is 5.75 Å². The monoisotopic (exact) mass is 369 g/mol. The van der Waals surface area contributed by atoms with Crippen LogP contribution in [0.15, 0.2) is 41.7 Å². The quantitative estimate of drug-likeness (QED) is 0.538. The highest BCUT2D eigenvalue weighted by atomic mass is 32.2. The Morgan fingerprint density at radius 2 is 2.04 bits per heavy atom. The summed E-state index contributed by atoms with van der Waals surface area (Å²) in [6, 6.07) is 7.33. The summed E-state index contributed by atoms with van der Waals surface area (Å²) in [5.74, 6) is 0.331. The summed E-state index contributed by atoms with van der Waals surface area (Å²) in [6.07, 6.45) is 2.44. The molecule has 25 heavy (non-hydrogen) atoms. The number of hydrogen-bond donors (Lipinski definition) is 1. The normalized spacial score (nSPS) is 10.6. The van der Waals surface area contributed by atoms with Crippen molar-refractivity contribution in [2.75, 3.05) is 17.7 Å². The topological polar surface area (TPSA) is 73.3 Å². The number of nitrogens with zero attached hydrogens (tertiary/aromatic N) is 2. The van der Waals surface area contributed by atoms with Crippen LogP contribution in [0.5, 0.6) is 11.6 Å². The van der Waals surface area contributed by atoms with Crippen LogP contribution < -0.4 is 14.8 Å². The highest BCUT2D eigenvalue weighted by Gasteiger charge is 2.08. The van der Waals surface area contributed by atoms with Crippen LogP contribution in [0.4, 0.5) is 14.5 Å². The Balaban J connectivity index is 1.82. The molecule has 2 aromatic rings. The Labute approximate surface area is 148 Å². The summed E-state index contributed by atoms with van der Waals surface area (Å²) in [6.45, 7) is -0.325. The zero-order valence-corrected chi connectivity index (χ0v) is 14.3. The van der Waals surface area contributed by atoms with Gasteiger partial charge in [0.25, 0.3) is 0 Å². The van der Waals surface area contributed by atoms with Gasteiger partial charge in [0, 0.05) is 18.0 Å². The van der Waals surface area contributed by atoms with Gasteiger partial charge in [-0.05, 0) is 30.7 Å². The molecule has 1 N–H and O–H groups in total. The molecule has 0 aliphatic rings. The average molecular weight is 369 g/mol. The van der Waals surface area contributed by atoms with Gasteiger partial charge in [0.05, 0.1) is 12.4 Å². The summed E-state index contributed by atoms with van der Waals surface area (Å²) in [4.78, 5) is 20.2. The summed E-state index contributed by atoms with van der Waals surface area (Å²) in [7, 11) is 0. The second kappa shape index (κ2) is 9.77. The number of rotatable bonds is 9. The molecule has 134 valence electrons. The first-order valence-corrected chi connectivity index (χ1v) is 8.48. The van der Waals surface area contributed by atoms with E-state index in [-0.39, 0.29) is 17.4 Å². The lowest BCUT2D eigenvalue weighted by Gasteiger charge is -2.07. The average Bonchev–Trinajstić information content (AvgIpc) is 2.60. The number of halogens is 2. The number of nitrogens with one attached hydrogen (secondary N) is 1. The number of ether oxygens (including phenoxy) is 2. The van der Waals surface area contributed by atoms with Gasteiger partial charge in [-0.1, -0.05) is 18.7 Å². The highest BCUT2D eigenvalue weighted by molar-refractivity contribution is 7.99. The van der Waals surface area contributed by atoms with Gasteiger partial charge >= 0.3 is 6.61 Å². The predicted molar refractivity (Wildman–Crippen MR) is 90.2 cm³/mol. The number of benzene rings is 1. The molecule has 0 unspecified atom stereocenters. The maximum atomic E-state index is 12.1. The molecule has 9 heteroatoms. The Kier molecular flexibility index (Phi) is 7.39. The molecule has 1 heterocycles. The molecule has 0 spiro atoms. The highest BCUT2D eigenvalue weighted by Crippen LogP contribution is 2.19. The van der Waals surface area contributed by atoms with E-state index in [1.807, 2.05) is 6.92 Å².